The molecule has 0 saturated carbocycles. The number of ether oxygens (including phenoxy) is 1. The first-order chi connectivity index (χ1) is 7.81. The Morgan fingerprint density at radius 1 is 1.12 bits per heavy atom. The van der Waals surface area contributed by atoms with Gasteiger partial charge in [-0.25, -0.2) is 0 Å². The lowest BCUT2D eigenvalue weighted by Gasteiger charge is -2.02. The SMILES string of the molecule is COc1cncc(C(=O)c2ccncc2)c1. The van der Waals surface area contributed by atoms with Gasteiger partial charge < -0.3 is 4.74 Å². The van der Waals surface area contributed by atoms with Crippen molar-refractivity contribution in [3.05, 3.63) is 54.1 Å². The lowest BCUT2D eigenvalue weighted by Crippen LogP contribution is -2.02. The van der Waals surface area contributed by atoms with Crippen molar-refractivity contribution in [3.63, 3.8) is 0 Å². The Hall–Kier alpha value is -2.23. The van der Waals surface area contributed by atoms with Crippen LogP contribution >= 0.6 is 0 Å². The van der Waals surface area contributed by atoms with E-state index in [1.165, 1.54) is 13.3 Å². The number of rotatable bonds is 3. The van der Waals surface area contributed by atoms with Gasteiger partial charge in [-0.15, -0.1) is 0 Å². The molecular formula is C12H10N2O2. The maximum Gasteiger partial charge on any atom is 0.194 e. The number of aromatic nitrogens is 2. The third-order valence-corrected chi connectivity index (χ3v) is 2.15. The zero-order chi connectivity index (χ0) is 11.4. The van der Waals surface area contributed by atoms with Crippen LogP contribution in [0.4, 0.5) is 0 Å². The van der Waals surface area contributed by atoms with Gasteiger partial charge >= 0.3 is 0 Å². The molecule has 0 amide bonds. The van der Waals surface area contributed by atoms with Crippen LogP contribution < -0.4 is 4.74 Å². The fraction of sp³-hybridized carbons (Fsp3) is 0.0833. The maximum atomic E-state index is 12.0. The molecule has 0 atom stereocenters. The molecule has 2 aromatic rings. The van der Waals surface area contributed by atoms with E-state index >= 15 is 0 Å². The van der Waals surface area contributed by atoms with Crippen molar-refractivity contribution in [1.29, 1.82) is 0 Å². The number of methoxy groups -OCH3 is 1. The molecule has 2 rings (SSSR count). The van der Waals surface area contributed by atoms with Crippen molar-refractivity contribution in [2.45, 2.75) is 0 Å². The van der Waals surface area contributed by atoms with Gasteiger partial charge in [-0.1, -0.05) is 0 Å². The quantitative estimate of drug-likeness (QED) is 0.730. The number of pyridine rings is 2. The van der Waals surface area contributed by atoms with Crippen LogP contribution in [0.15, 0.2) is 43.0 Å². The van der Waals surface area contributed by atoms with Gasteiger partial charge in [0, 0.05) is 29.7 Å². The lowest BCUT2D eigenvalue weighted by atomic mass is 10.1. The number of hydrogen-bond acceptors (Lipinski definition) is 4. The second-order valence-corrected chi connectivity index (χ2v) is 3.18. The summed E-state index contributed by atoms with van der Waals surface area (Å²) in [5.41, 5.74) is 1.09. The number of carbonyl (C=O) groups is 1. The fourth-order valence-corrected chi connectivity index (χ4v) is 1.32. The second-order valence-electron chi connectivity index (χ2n) is 3.18. The van der Waals surface area contributed by atoms with E-state index in [0.717, 1.165) is 0 Å². The van der Waals surface area contributed by atoms with Gasteiger partial charge in [0.2, 0.25) is 0 Å². The third kappa shape index (κ3) is 2.06. The largest absolute Gasteiger partial charge is 0.495 e. The van der Waals surface area contributed by atoms with Crippen molar-refractivity contribution >= 4 is 5.78 Å². The molecule has 0 aromatic carbocycles. The van der Waals surface area contributed by atoms with Gasteiger partial charge in [0.05, 0.1) is 13.3 Å². The maximum absolute atomic E-state index is 12.0. The standard InChI is InChI=1S/C12H10N2O2/c1-16-11-6-10(7-14-8-11)12(15)9-2-4-13-5-3-9/h2-8H,1H3. The normalized spacial score (nSPS) is 9.81. The summed E-state index contributed by atoms with van der Waals surface area (Å²) in [5.74, 6) is 0.480. The van der Waals surface area contributed by atoms with Gasteiger partial charge in [-0.2, -0.15) is 0 Å². The lowest BCUT2D eigenvalue weighted by molar-refractivity contribution is 0.103. The summed E-state index contributed by atoms with van der Waals surface area (Å²) in [6, 6.07) is 5.00. The first kappa shape index (κ1) is 10.3. The molecule has 2 aromatic heterocycles. The molecule has 0 aliphatic heterocycles. The molecule has 0 bridgehead atoms. The van der Waals surface area contributed by atoms with E-state index < -0.39 is 0 Å². The molecule has 0 fully saturated rings. The van der Waals surface area contributed by atoms with Crippen LogP contribution in [0.3, 0.4) is 0 Å². The minimum Gasteiger partial charge on any atom is -0.495 e. The minimum absolute atomic E-state index is 0.0891. The van der Waals surface area contributed by atoms with Crippen LogP contribution in [0, 0.1) is 0 Å². The number of hydrogen-bond donors (Lipinski definition) is 0. The van der Waals surface area contributed by atoms with E-state index in [-0.39, 0.29) is 5.78 Å². The highest BCUT2D eigenvalue weighted by molar-refractivity contribution is 6.08. The summed E-state index contributed by atoms with van der Waals surface area (Å²) in [5, 5.41) is 0. The zero-order valence-corrected chi connectivity index (χ0v) is 8.75. The Kier molecular flexibility index (Phi) is 2.91. The summed E-state index contributed by atoms with van der Waals surface area (Å²) in [6.07, 6.45) is 6.25. The molecule has 0 N–H and O–H groups in total. The van der Waals surface area contributed by atoms with Crippen LogP contribution in [0.5, 0.6) is 5.75 Å². The van der Waals surface area contributed by atoms with Crippen molar-refractivity contribution in [2.24, 2.45) is 0 Å². The molecule has 80 valence electrons. The molecule has 4 nitrogen and oxygen atoms in total. The average Bonchev–Trinajstić information content (AvgIpc) is 2.39. The van der Waals surface area contributed by atoms with Crippen molar-refractivity contribution in [2.75, 3.05) is 7.11 Å². The van der Waals surface area contributed by atoms with Crippen LogP contribution in [-0.4, -0.2) is 22.9 Å². The summed E-state index contributed by atoms with van der Waals surface area (Å²) in [4.78, 5) is 19.8. The number of carbonyl (C=O) groups excluding carboxylic acids is 1. The van der Waals surface area contributed by atoms with E-state index in [4.69, 9.17) is 4.74 Å². The Morgan fingerprint density at radius 2 is 1.88 bits per heavy atom. The van der Waals surface area contributed by atoms with Crippen LogP contribution in [0.1, 0.15) is 15.9 Å². The van der Waals surface area contributed by atoms with E-state index in [9.17, 15) is 4.79 Å². The molecule has 0 saturated heterocycles. The van der Waals surface area contributed by atoms with E-state index in [0.29, 0.717) is 16.9 Å². The van der Waals surface area contributed by atoms with E-state index in [1.54, 1.807) is 36.8 Å². The highest BCUT2D eigenvalue weighted by Gasteiger charge is 2.09. The number of ketones is 1. The molecular weight excluding hydrogens is 204 g/mol. The van der Waals surface area contributed by atoms with Crippen molar-refractivity contribution < 1.29 is 9.53 Å². The predicted octanol–water partition coefficient (Wildman–Crippen LogP) is 1.72. The molecule has 0 aliphatic rings. The van der Waals surface area contributed by atoms with Crippen molar-refractivity contribution in [3.8, 4) is 5.75 Å². The van der Waals surface area contributed by atoms with Crippen LogP contribution in [-0.2, 0) is 0 Å². The molecule has 0 radical (unpaired) electrons. The van der Waals surface area contributed by atoms with E-state index in [2.05, 4.69) is 9.97 Å². The molecule has 4 heteroatoms. The monoisotopic (exact) mass is 214 g/mol. The van der Waals surface area contributed by atoms with Gasteiger partial charge in [-0.05, 0) is 18.2 Å². The topological polar surface area (TPSA) is 52.1 Å². The summed E-state index contributed by atoms with van der Waals surface area (Å²) in [7, 11) is 1.54. The van der Waals surface area contributed by atoms with Crippen LogP contribution in [0.25, 0.3) is 0 Å². The van der Waals surface area contributed by atoms with Gasteiger partial charge in [0.25, 0.3) is 0 Å². The average molecular weight is 214 g/mol. The fourth-order valence-electron chi connectivity index (χ4n) is 1.32. The van der Waals surface area contributed by atoms with E-state index in [1.807, 2.05) is 0 Å². The second kappa shape index (κ2) is 4.53. The first-order valence-corrected chi connectivity index (χ1v) is 4.75. The highest BCUT2D eigenvalue weighted by Crippen LogP contribution is 2.13. The minimum atomic E-state index is -0.0891. The third-order valence-electron chi connectivity index (χ3n) is 2.15. The Labute approximate surface area is 92.9 Å². The Balaban J connectivity index is 2.34. The van der Waals surface area contributed by atoms with Gasteiger partial charge in [0.1, 0.15) is 5.75 Å². The zero-order valence-electron chi connectivity index (χ0n) is 8.75. The Morgan fingerprint density at radius 3 is 2.56 bits per heavy atom. The molecule has 0 spiro atoms. The smallest absolute Gasteiger partial charge is 0.194 e. The van der Waals surface area contributed by atoms with Crippen LogP contribution in [0.2, 0.25) is 0 Å². The molecule has 2 heterocycles. The summed E-state index contributed by atoms with van der Waals surface area (Å²) in [6.45, 7) is 0. The Bertz CT molecular complexity index is 497. The summed E-state index contributed by atoms with van der Waals surface area (Å²) < 4.78 is 5.01. The highest BCUT2D eigenvalue weighted by atomic mass is 16.5. The molecule has 16 heavy (non-hydrogen) atoms. The summed E-state index contributed by atoms with van der Waals surface area (Å²) >= 11 is 0. The molecule has 0 unspecified atom stereocenters. The molecule has 0 aliphatic carbocycles. The first-order valence-electron chi connectivity index (χ1n) is 4.75. The van der Waals surface area contributed by atoms with Gasteiger partial charge in [0.15, 0.2) is 5.78 Å². The number of nitrogens with zero attached hydrogens (tertiary/aromatic N) is 2. The van der Waals surface area contributed by atoms with Gasteiger partial charge in [-0.3, -0.25) is 14.8 Å². The van der Waals surface area contributed by atoms with Crippen molar-refractivity contribution in [1.82, 2.24) is 9.97 Å². The predicted molar refractivity (Wildman–Crippen MR) is 58.5 cm³/mol.